The Kier molecular flexibility index (Phi) is 1.80. The van der Waals surface area contributed by atoms with Crippen LogP contribution >= 0.6 is 23.2 Å². The van der Waals surface area contributed by atoms with Crippen molar-refractivity contribution in [3.8, 4) is 11.1 Å². The largest absolute Gasteiger partial charge is 0.133 e. The molecule has 0 heterocycles. The lowest BCUT2D eigenvalue weighted by atomic mass is 9.86. The van der Waals surface area contributed by atoms with Gasteiger partial charge in [0.15, 0.2) is 0 Å². The van der Waals surface area contributed by atoms with Crippen molar-refractivity contribution in [1.29, 1.82) is 0 Å². The maximum absolute atomic E-state index is 6.43. The Hall–Kier alpha value is -0.980. The van der Waals surface area contributed by atoms with Gasteiger partial charge in [0.1, 0.15) is 4.33 Å². The summed E-state index contributed by atoms with van der Waals surface area (Å²) in [6.07, 6.45) is 0. The van der Waals surface area contributed by atoms with E-state index in [0.717, 1.165) is 0 Å². The summed E-state index contributed by atoms with van der Waals surface area (Å²) in [5.74, 6) is 0.522. The molecule has 0 saturated heterocycles. The number of fused-ring (bicyclic) bond motifs is 6. The van der Waals surface area contributed by atoms with Gasteiger partial charge in [-0.15, -0.1) is 23.2 Å². The molecular formula is C15H10Cl2. The van der Waals surface area contributed by atoms with Crippen LogP contribution in [-0.4, -0.2) is 4.33 Å². The lowest BCUT2D eigenvalue weighted by Crippen LogP contribution is -1.98. The molecule has 1 fully saturated rings. The van der Waals surface area contributed by atoms with Crippen molar-refractivity contribution in [1.82, 2.24) is 0 Å². The summed E-state index contributed by atoms with van der Waals surface area (Å²) in [4.78, 5) is 0. The van der Waals surface area contributed by atoms with Crippen LogP contribution in [0.1, 0.15) is 23.0 Å². The minimum absolute atomic E-state index is 0.261. The van der Waals surface area contributed by atoms with Crippen LogP contribution < -0.4 is 0 Å². The number of benzene rings is 2. The zero-order chi connectivity index (χ0) is 11.6. The normalized spacial score (nSPS) is 26.7. The Morgan fingerprint density at radius 2 is 1.12 bits per heavy atom. The van der Waals surface area contributed by atoms with Gasteiger partial charge in [-0.3, -0.25) is 0 Å². The SMILES string of the molecule is ClC1(Cl)C2c3ccccc3-c3ccccc3C21. The van der Waals surface area contributed by atoms with E-state index in [1.54, 1.807) is 0 Å². The second-order valence-electron chi connectivity index (χ2n) is 4.80. The lowest BCUT2D eigenvalue weighted by molar-refractivity contribution is 1.01. The molecule has 2 atom stereocenters. The molecule has 2 aliphatic carbocycles. The molecule has 0 bridgehead atoms. The fourth-order valence-electron chi connectivity index (χ4n) is 3.13. The Labute approximate surface area is 110 Å². The highest BCUT2D eigenvalue weighted by molar-refractivity contribution is 6.52. The molecule has 0 spiro atoms. The molecule has 2 aromatic rings. The molecule has 0 aromatic heterocycles. The minimum Gasteiger partial charge on any atom is -0.100 e. The zero-order valence-electron chi connectivity index (χ0n) is 9.03. The molecule has 2 unspecified atom stereocenters. The highest BCUT2D eigenvalue weighted by Crippen LogP contribution is 2.74. The van der Waals surface area contributed by atoms with E-state index in [1.807, 2.05) is 0 Å². The first kappa shape index (κ1) is 9.99. The third kappa shape index (κ3) is 1.15. The first-order valence-corrected chi connectivity index (χ1v) is 6.53. The molecule has 17 heavy (non-hydrogen) atoms. The molecule has 2 aromatic carbocycles. The van der Waals surface area contributed by atoms with Gasteiger partial charge in [-0.2, -0.15) is 0 Å². The molecule has 0 amide bonds. The van der Waals surface area contributed by atoms with Crippen LogP contribution in [0, 0.1) is 0 Å². The van der Waals surface area contributed by atoms with Gasteiger partial charge in [-0.25, -0.2) is 0 Å². The van der Waals surface area contributed by atoms with Crippen LogP contribution in [0.15, 0.2) is 48.5 Å². The molecular weight excluding hydrogens is 251 g/mol. The van der Waals surface area contributed by atoms with E-state index in [0.29, 0.717) is 0 Å². The Morgan fingerprint density at radius 3 is 1.59 bits per heavy atom. The zero-order valence-corrected chi connectivity index (χ0v) is 10.5. The fraction of sp³-hybridized carbons (Fsp3) is 0.200. The number of hydrogen-bond donors (Lipinski definition) is 0. The second kappa shape index (κ2) is 3.07. The molecule has 84 valence electrons. The van der Waals surface area contributed by atoms with Gasteiger partial charge < -0.3 is 0 Å². The van der Waals surface area contributed by atoms with Gasteiger partial charge in [0.25, 0.3) is 0 Å². The lowest BCUT2D eigenvalue weighted by Gasteiger charge is -2.17. The van der Waals surface area contributed by atoms with Crippen LogP contribution in [0.3, 0.4) is 0 Å². The van der Waals surface area contributed by atoms with Gasteiger partial charge in [0.2, 0.25) is 0 Å². The predicted molar refractivity (Wildman–Crippen MR) is 71.8 cm³/mol. The number of alkyl halides is 2. The second-order valence-corrected chi connectivity index (χ2v) is 6.25. The summed E-state index contributed by atoms with van der Waals surface area (Å²) in [5.41, 5.74) is 5.16. The van der Waals surface area contributed by atoms with E-state index in [1.165, 1.54) is 22.3 Å². The van der Waals surface area contributed by atoms with Gasteiger partial charge >= 0.3 is 0 Å². The Morgan fingerprint density at radius 1 is 0.706 bits per heavy atom. The van der Waals surface area contributed by atoms with Gasteiger partial charge in [0, 0.05) is 11.8 Å². The van der Waals surface area contributed by atoms with Crippen molar-refractivity contribution >= 4 is 23.2 Å². The summed E-state index contributed by atoms with van der Waals surface area (Å²) in [6, 6.07) is 16.9. The molecule has 0 nitrogen and oxygen atoms in total. The minimum atomic E-state index is -0.622. The summed E-state index contributed by atoms with van der Waals surface area (Å²) < 4.78 is -0.622. The van der Waals surface area contributed by atoms with Crippen molar-refractivity contribution in [2.45, 2.75) is 16.2 Å². The van der Waals surface area contributed by atoms with Crippen LogP contribution in [0.4, 0.5) is 0 Å². The number of rotatable bonds is 0. The molecule has 0 aliphatic heterocycles. The summed E-state index contributed by atoms with van der Waals surface area (Å²) in [6.45, 7) is 0. The molecule has 0 N–H and O–H groups in total. The summed E-state index contributed by atoms with van der Waals surface area (Å²) in [5, 5.41) is 0. The molecule has 2 heteroatoms. The van der Waals surface area contributed by atoms with E-state index in [-0.39, 0.29) is 11.8 Å². The fourth-order valence-corrected chi connectivity index (χ4v) is 3.98. The van der Waals surface area contributed by atoms with Gasteiger partial charge in [-0.05, 0) is 22.3 Å². The van der Waals surface area contributed by atoms with Crippen molar-refractivity contribution < 1.29 is 0 Å². The van der Waals surface area contributed by atoms with E-state index >= 15 is 0 Å². The van der Waals surface area contributed by atoms with E-state index in [9.17, 15) is 0 Å². The van der Waals surface area contributed by atoms with Crippen LogP contribution in [-0.2, 0) is 0 Å². The quantitative estimate of drug-likeness (QED) is 0.602. The maximum Gasteiger partial charge on any atom is 0.133 e. The van der Waals surface area contributed by atoms with Crippen LogP contribution in [0.5, 0.6) is 0 Å². The van der Waals surface area contributed by atoms with E-state index in [4.69, 9.17) is 23.2 Å². The maximum atomic E-state index is 6.43. The first-order valence-electron chi connectivity index (χ1n) is 5.77. The van der Waals surface area contributed by atoms with Crippen LogP contribution in [0.2, 0.25) is 0 Å². The third-order valence-corrected chi connectivity index (χ3v) is 4.88. The van der Waals surface area contributed by atoms with Crippen LogP contribution in [0.25, 0.3) is 11.1 Å². The van der Waals surface area contributed by atoms with Crippen molar-refractivity contribution in [3.05, 3.63) is 59.7 Å². The topological polar surface area (TPSA) is 0 Å². The van der Waals surface area contributed by atoms with E-state index in [2.05, 4.69) is 48.5 Å². The Balaban J connectivity index is 2.07. The monoisotopic (exact) mass is 260 g/mol. The highest BCUT2D eigenvalue weighted by Gasteiger charge is 2.66. The summed E-state index contributed by atoms with van der Waals surface area (Å²) in [7, 11) is 0. The smallest absolute Gasteiger partial charge is 0.100 e. The average Bonchev–Trinajstić information content (AvgIpc) is 2.94. The average molecular weight is 261 g/mol. The van der Waals surface area contributed by atoms with Gasteiger partial charge in [0.05, 0.1) is 0 Å². The Bertz CT molecular complexity index is 562. The number of hydrogen-bond acceptors (Lipinski definition) is 0. The third-order valence-electron chi connectivity index (χ3n) is 3.94. The van der Waals surface area contributed by atoms with Crippen molar-refractivity contribution in [2.24, 2.45) is 0 Å². The first-order chi connectivity index (χ1) is 8.21. The highest BCUT2D eigenvalue weighted by atomic mass is 35.5. The van der Waals surface area contributed by atoms with Crippen molar-refractivity contribution in [3.63, 3.8) is 0 Å². The standard InChI is InChI=1S/C15H10Cl2/c16-15(17)13-11-7-3-1-5-9(11)10-6-2-4-8-12(10)14(13)15/h1-8,13-14H. The predicted octanol–water partition coefficient (Wildman–Crippen LogP) is 4.72. The molecule has 4 rings (SSSR count). The molecule has 1 saturated carbocycles. The van der Waals surface area contributed by atoms with Crippen molar-refractivity contribution in [2.75, 3.05) is 0 Å². The molecule has 0 radical (unpaired) electrons. The molecule has 2 aliphatic rings. The van der Waals surface area contributed by atoms with Gasteiger partial charge in [-0.1, -0.05) is 48.5 Å². The summed E-state index contributed by atoms with van der Waals surface area (Å²) >= 11 is 12.9. The van der Waals surface area contributed by atoms with E-state index < -0.39 is 4.33 Å². The number of halogens is 2.